The van der Waals surface area contributed by atoms with Gasteiger partial charge in [-0.05, 0) is 37.5 Å². The van der Waals surface area contributed by atoms with Gasteiger partial charge in [-0.2, -0.15) is 8.42 Å². The van der Waals surface area contributed by atoms with Gasteiger partial charge in [0.25, 0.3) is 10.0 Å². The summed E-state index contributed by atoms with van der Waals surface area (Å²) in [5.41, 5.74) is 7.17. The SMILES string of the molecule is CC1=C(c2cccc(Cl)c2)S(=O)(=O)N=C1N1CCC(N)CC1.Cl. The molecular formula is C15H19Cl2N3O2S. The molecule has 1 aromatic rings. The second-order valence-electron chi connectivity index (χ2n) is 5.68. The van der Waals surface area contributed by atoms with E-state index in [9.17, 15) is 8.42 Å². The number of hydrogen-bond acceptors (Lipinski definition) is 4. The Kier molecular flexibility index (Phi) is 5.41. The first-order chi connectivity index (χ1) is 10.4. The van der Waals surface area contributed by atoms with E-state index in [0.717, 1.165) is 25.9 Å². The molecule has 2 N–H and O–H groups in total. The molecule has 1 aromatic carbocycles. The van der Waals surface area contributed by atoms with Gasteiger partial charge in [0, 0.05) is 29.7 Å². The molecule has 0 amide bonds. The average Bonchev–Trinajstić information content (AvgIpc) is 2.69. The smallest absolute Gasteiger partial charge is 0.285 e. The van der Waals surface area contributed by atoms with Crippen LogP contribution in [0.3, 0.4) is 0 Å². The van der Waals surface area contributed by atoms with Gasteiger partial charge in [-0.3, -0.25) is 0 Å². The number of nitrogens with two attached hydrogens (primary N) is 1. The van der Waals surface area contributed by atoms with Crippen molar-refractivity contribution in [2.75, 3.05) is 13.1 Å². The van der Waals surface area contributed by atoms with Crippen molar-refractivity contribution >= 4 is 44.8 Å². The van der Waals surface area contributed by atoms with E-state index in [0.29, 0.717) is 22.0 Å². The lowest BCUT2D eigenvalue weighted by Gasteiger charge is -2.31. The van der Waals surface area contributed by atoms with Crippen LogP contribution in [-0.2, 0) is 10.0 Å². The Labute approximate surface area is 147 Å². The molecule has 0 atom stereocenters. The van der Waals surface area contributed by atoms with Crippen LogP contribution in [0.5, 0.6) is 0 Å². The summed E-state index contributed by atoms with van der Waals surface area (Å²) in [5.74, 6) is 0.543. The largest absolute Gasteiger partial charge is 0.356 e. The maximum absolute atomic E-state index is 12.5. The third kappa shape index (κ3) is 3.55. The van der Waals surface area contributed by atoms with Crippen molar-refractivity contribution in [1.82, 2.24) is 4.90 Å². The lowest BCUT2D eigenvalue weighted by atomic mass is 10.0. The molecule has 23 heavy (non-hydrogen) atoms. The zero-order valence-corrected chi connectivity index (χ0v) is 15.1. The molecule has 0 unspecified atom stereocenters. The first kappa shape index (κ1) is 18.3. The van der Waals surface area contributed by atoms with Crippen molar-refractivity contribution in [1.29, 1.82) is 0 Å². The minimum Gasteiger partial charge on any atom is -0.356 e. The third-order valence-electron chi connectivity index (χ3n) is 4.07. The van der Waals surface area contributed by atoms with E-state index in [2.05, 4.69) is 4.40 Å². The quantitative estimate of drug-likeness (QED) is 0.818. The van der Waals surface area contributed by atoms with Crippen molar-refractivity contribution in [3.63, 3.8) is 0 Å². The summed E-state index contributed by atoms with van der Waals surface area (Å²) in [6, 6.07) is 7.04. The molecule has 8 heteroatoms. The van der Waals surface area contributed by atoms with Crippen molar-refractivity contribution in [2.24, 2.45) is 10.1 Å². The van der Waals surface area contributed by atoms with E-state index in [-0.39, 0.29) is 23.4 Å². The van der Waals surface area contributed by atoms with Gasteiger partial charge < -0.3 is 10.6 Å². The number of amidine groups is 1. The number of rotatable bonds is 1. The van der Waals surface area contributed by atoms with Crippen molar-refractivity contribution in [3.8, 4) is 0 Å². The van der Waals surface area contributed by atoms with Gasteiger partial charge in [-0.15, -0.1) is 16.8 Å². The van der Waals surface area contributed by atoms with Crippen LogP contribution in [0.15, 0.2) is 34.2 Å². The van der Waals surface area contributed by atoms with Crippen LogP contribution in [-0.4, -0.2) is 38.3 Å². The molecule has 0 saturated carbocycles. The third-order valence-corrected chi connectivity index (χ3v) is 5.77. The summed E-state index contributed by atoms with van der Waals surface area (Å²) in [4.78, 5) is 2.26. The highest BCUT2D eigenvalue weighted by molar-refractivity contribution is 8.00. The minimum atomic E-state index is -3.68. The van der Waals surface area contributed by atoms with Gasteiger partial charge in [-0.1, -0.05) is 23.7 Å². The summed E-state index contributed by atoms with van der Waals surface area (Å²) in [6.07, 6.45) is 1.69. The fourth-order valence-corrected chi connectivity index (χ4v) is 4.59. The van der Waals surface area contributed by atoms with Crippen LogP contribution in [0.1, 0.15) is 25.3 Å². The molecule has 5 nitrogen and oxygen atoms in total. The molecule has 2 aliphatic heterocycles. The molecule has 3 rings (SSSR count). The van der Waals surface area contributed by atoms with E-state index in [1.54, 1.807) is 31.2 Å². The van der Waals surface area contributed by atoms with Crippen molar-refractivity contribution in [3.05, 3.63) is 40.4 Å². The van der Waals surface area contributed by atoms with E-state index in [4.69, 9.17) is 17.3 Å². The molecule has 2 aliphatic rings. The zero-order chi connectivity index (χ0) is 15.9. The monoisotopic (exact) mass is 375 g/mol. The van der Waals surface area contributed by atoms with E-state index in [1.165, 1.54) is 0 Å². The minimum absolute atomic E-state index is 0. The summed E-state index contributed by atoms with van der Waals surface area (Å²) in [7, 11) is -3.68. The Morgan fingerprint density at radius 3 is 2.57 bits per heavy atom. The normalized spacial score (nSPS) is 21.2. The molecular weight excluding hydrogens is 357 g/mol. The van der Waals surface area contributed by atoms with Gasteiger partial charge >= 0.3 is 0 Å². The Morgan fingerprint density at radius 2 is 1.96 bits per heavy atom. The van der Waals surface area contributed by atoms with Crippen LogP contribution in [0.4, 0.5) is 0 Å². The number of piperidine rings is 1. The molecule has 1 fully saturated rings. The van der Waals surface area contributed by atoms with Crippen molar-refractivity contribution < 1.29 is 8.42 Å². The standard InChI is InChI=1S/C15H18ClN3O2S.ClH/c1-10-14(11-3-2-4-12(16)9-11)22(20,21)18-15(10)19-7-5-13(17)6-8-19;/h2-4,9,13H,5-8,17H2,1H3;1H. The van der Waals surface area contributed by atoms with Crippen molar-refractivity contribution in [2.45, 2.75) is 25.8 Å². The number of benzene rings is 1. The molecule has 1 saturated heterocycles. The van der Waals surface area contributed by atoms with E-state index in [1.807, 2.05) is 4.90 Å². The van der Waals surface area contributed by atoms with Gasteiger partial charge in [0.05, 0.1) is 0 Å². The average molecular weight is 376 g/mol. The molecule has 0 aliphatic carbocycles. The van der Waals surface area contributed by atoms with Crippen LogP contribution in [0, 0.1) is 0 Å². The predicted octanol–water partition coefficient (Wildman–Crippen LogP) is 2.66. The van der Waals surface area contributed by atoms with E-state index < -0.39 is 10.0 Å². The highest BCUT2D eigenvalue weighted by atomic mass is 35.5. The summed E-state index contributed by atoms with van der Waals surface area (Å²) >= 11 is 5.99. The number of likely N-dealkylation sites (tertiary alicyclic amines) is 1. The van der Waals surface area contributed by atoms with Gasteiger partial charge in [-0.25, -0.2) is 0 Å². The highest BCUT2D eigenvalue weighted by Crippen LogP contribution is 2.35. The number of hydrogen-bond donors (Lipinski definition) is 1. The Bertz CT molecular complexity index is 767. The first-order valence-corrected chi connectivity index (χ1v) is 9.03. The Morgan fingerprint density at radius 1 is 1.30 bits per heavy atom. The number of nitrogens with zero attached hydrogens (tertiary/aromatic N) is 2. The number of sulfonamides is 1. The predicted molar refractivity (Wildman–Crippen MR) is 96.4 cm³/mol. The first-order valence-electron chi connectivity index (χ1n) is 7.21. The maximum atomic E-state index is 12.5. The molecule has 0 bridgehead atoms. The lowest BCUT2D eigenvalue weighted by Crippen LogP contribution is -2.42. The zero-order valence-electron chi connectivity index (χ0n) is 12.7. The summed E-state index contributed by atoms with van der Waals surface area (Å²) in [6.45, 7) is 3.26. The van der Waals surface area contributed by atoms with Gasteiger partial charge in [0.15, 0.2) is 0 Å². The summed E-state index contributed by atoms with van der Waals surface area (Å²) < 4.78 is 28.9. The lowest BCUT2D eigenvalue weighted by molar-refractivity contribution is 0.314. The van der Waals surface area contributed by atoms with Gasteiger partial charge in [0.2, 0.25) is 0 Å². The maximum Gasteiger partial charge on any atom is 0.285 e. The highest BCUT2D eigenvalue weighted by Gasteiger charge is 2.34. The molecule has 2 heterocycles. The van der Waals surface area contributed by atoms with Crippen LogP contribution >= 0.6 is 24.0 Å². The Hall–Kier alpha value is -1.08. The molecule has 0 radical (unpaired) electrons. The second-order valence-corrected chi connectivity index (χ2v) is 7.66. The molecule has 0 aromatic heterocycles. The van der Waals surface area contributed by atoms with Crippen LogP contribution < -0.4 is 5.73 Å². The fourth-order valence-electron chi connectivity index (χ4n) is 2.92. The summed E-state index contributed by atoms with van der Waals surface area (Å²) in [5, 5.41) is 0.505. The molecule has 126 valence electrons. The van der Waals surface area contributed by atoms with Crippen LogP contribution in [0.25, 0.3) is 4.91 Å². The fraction of sp³-hybridized carbons (Fsp3) is 0.400. The number of halogens is 2. The molecule has 0 spiro atoms. The van der Waals surface area contributed by atoms with Crippen LogP contribution in [0.2, 0.25) is 5.02 Å². The second kappa shape index (κ2) is 6.81. The topological polar surface area (TPSA) is 75.8 Å². The Balaban J connectivity index is 0.00000192. The van der Waals surface area contributed by atoms with Gasteiger partial charge in [0.1, 0.15) is 10.7 Å². The van der Waals surface area contributed by atoms with E-state index >= 15 is 0 Å².